The summed E-state index contributed by atoms with van der Waals surface area (Å²) >= 11 is 1.30. The largest absolute Gasteiger partial charge is 0.358 e. The molecule has 0 spiro atoms. The van der Waals surface area contributed by atoms with Crippen LogP contribution in [0.25, 0.3) is 23.3 Å². The Kier molecular flexibility index (Phi) is 19.5. The minimum atomic E-state index is 0. The second-order valence-electron chi connectivity index (χ2n) is 6.41. The molecule has 3 aromatic carbocycles. The Hall–Kier alpha value is -2.05. The molecule has 33 heavy (non-hydrogen) atoms. The summed E-state index contributed by atoms with van der Waals surface area (Å²) in [6, 6.07) is 26.6. The van der Waals surface area contributed by atoms with Crippen LogP contribution in [0.3, 0.4) is 0 Å². The van der Waals surface area contributed by atoms with Crippen molar-refractivity contribution in [3.05, 3.63) is 140 Å². The fraction of sp³-hybridized carbons (Fsp3) is 0.0667. The van der Waals surface area contributed by atoms with Crippen LogP contribution in [0, 0.1) is 25.6 Å². The molecule has 0 unspecified atom stereocenters. The third kappa shape index (κ3) is 10.6. The van der Waals surface area contributed by atoms with Crippen molar-refractivity contribution in [2.45, 2.75) is 12.8 Å². The van der Waals surface area contributed by atoms with Crippen molar-refractivity contribution < 1.29 is 24.2 Å². The molecule has 2 aliphatic rings. The molecule has 0 atom stereocenters. The van der Waals surface area contributed by atoms with E-state index in [9.17, 15) is 0 Å². The number of halogens is 2. The van der Waals surface area contributed by atoms with Gasteiger partial charge in [-0.3, -0.25) is 6.08 Å². The van der Waals surface area contributed by atoms with Crippen LogP contribution in [0.2, 0.25) is 0 Å². The molecule has 0 N–H and O–H groups in total. The van der Waals surface area contributed by atoms with Gasteiger partial charge in [-0.2, -0.15) is 66.2 Å². The second kappa shape index (κ2) is 19.4. The van der Waals surface area contributed by atoms with E-state index in [4.69, 9.17) is 0 Å². The van der Waals surface area contributed by atoms with Crippen LogP contribution in [-0.4, -0.2) is 4.21 Å². The van der Waals surface area contributed by atoms with Crippen LogP contribution < -0.4 is 0 Å². The van der Waals surface area contributed by atoms with E-state index in [1.807, 2.05) is 60.7 Å². The normalized spacial score (nSPS) is 10.3. The zero-order chi connectivity index (χ0) is 21.6. The van der Waals surface area contributed by atoms with E-state index in [1.54, 1.807) is 0 Å². The van der Waals surface area contributed by atoms with E-state index in [2.05, 4.69) is 65.9 Å². The maximum absolute atomic E-state index is 3.82. The summed E-state index contributed by atoms with van der Waals surface area (Å²) in [7, 11) is 0. The first kappa shape index (κ1) is 33.1. The van der Waals surface area contributed by atoms with Crippen molar-refractivity contribution in [3.63, 3.8) is 0 Å². The Bertz CT molecular complexity index is 929. The number of hydrogen-bond acceptors (Lipinski definition) is 0. The van der Waals surface area contributed by atoms with E-state index in [1.165, 1.54) is 52.1 Å². The molecule has 2 aliphatic carbocycles. The third-order valence-corrected chi connectivity index (χ3v) is 4.50. The third-order valence-electron chi connectivity index (χ3n) is 4.50. The van der Waals surface area contributed by atoms with E-state index < -0.39 is 0 Å². The second-order valence-corrected chi connectivity index (χ2v) is 6.41. The SMILES string of the molecule is C=Cc1c[c-]c2c(c1)-c1cc(C=C)ccc1C2.Cl.Cl.[C-]1=CC=CC1.[CH2]=[Zr].[CH3-].[c-]1ccccc1. The summed E-state index contributed by atoms with van der Waals surface area (Å²) in [5.74, 6) is 0. The molecule has 0 aliphatic heterocycles. The molecule has 0 fully saturated rings. The van der Waals surface area contributed by atoms with Crippen molar-refractivity contribution in [2.75, 3.05) is 0 Å². The van der Waals surface area contributed by atoms with Gasteiger partial charge in [0, 0.05) is 0 Å². The minimum absolute atomic E-state index is 0. The molecule has 3 heteroatoms. The van der Waals surface area contributed by atoms with Crippen LogP contribution in [-0.2, 0) is 30.7 Å². The molecule has 0 radical (unpaired) electrons. The molecule has 3 aromatic rings. The molecule has 172 valence electrons. The first-order valence-electron chi connectivity index (χ1n) is 9.73. The summed E-state index contributed by atoms with van der Waals surface area (Å²) in [5, 5.41) is 0. The minimum Gasteiger partial charge on any atom is -0.358 e. The molecule has 0 amide bonds. The zero-order valence-electron chi connectivity index (χ0n) is 19.0. The van der Waals surface area contributed by atoms with Gasteiger partial charge in [0.15, 0.2) is 0 Å². The Balaban J connectivity index is 0. The fourth-order valence-corrected chi connectivity index (χ4v) is 3.05. The van der Waals surface area contributed by atoms with Crippen molar-refractivity contribution in [2.24, 2.45) is 0 Å². The Morgan fingerprint density at radius 1 is 0.879 bits per heavy atom. The average Bonchev–Trinajstić information content (AvgIpc) is 3.53. The van der Waals surface area contributed by atoms with E-state index in [0.717, 1.165) is 18.4 Å². The first-order valence-corrected chi connectivity index (χ1v) is 11.5. The summed E-state index contributed by atoms with van der Waals surface area (Å²) in [6.07, 6.45) is 14.7. The molecular formula is C30H30Cl2Zr-4. The Labute approximate surface area is 228 Å². The predicted octanol–water partition coefficient (Wildman–Crippen LogP) is 8.40. The molecule has 5 rings (SSSR count). The number of benzene rings is 3. The summed E-state index contributed by atoms with van der Waals surface area (Å²) in [4.78, 5) is 0. The maximum Gasteiger partial charge on any atom is -0.171 e. The van der Waals surface area contributed by atoms with Gasteiger partial charge in [0.25, 0.3) is 0 Å². The van der Waals surface area contributed by atoms with Crippen molar-refractivity contribution in [1.29, 1.82) is 0 Å². The van der Waals surface area contributed by atoms with Crippen LogP contribution >= 0.6 is 24.8 Å². The summed E-state index contributed by atoms with van der Waals surface area (Å²) in [5.41, 5.74) is 7.56. The maximum atomic E-state index is 3.82. The topological polar surface area (TPSA) is 0 Å². The standard InChI is InChI=1S/C17H13.C6H5.C5H5.CH3.CH2.2ClH.Zr/c1-3-12-5-7-14-11-15-8-6-13(4-2)10-17(15)16(14)9-12;1-2-4-6-5-3-1;1-2-4-5-3-1;;;;;/h3-7,9-10H,1-2,11H2;1-5H;1-3H,4H2;1H3;1H2;2*1H;/q4*-1;;;;. The molecule has 0 aromatic heterocycles. The summed E-state index contributed by atoms with van der Waals surface area (Å²) < 4.78 is 3.34. The average molecular weight is 553 g/mol. The van der Waals surface area contributed by atoms with Crippen molar-refractivity contribution in [3.8, 4) is 11.1 Å². The molecule has 0 nitrogen and oxygen atoms in total. The quantitative estimate of drug-likeness (QED) is 0.219. The van der Waals surface area contributed by atoms with Gasteiger partial charge in [0.05, 0.1) is 0 Å². The fourth-order valence-electron chi connectivity index (χ4n) is 3.05. The molecule has 0 bridgehead atoms. The first-order chi connectivity index (χ1) is 14.8. The molecule has 0 heterocycles. The summed E-state index contributed by atoms with van der Waals surface area (Å²) in [6.45, 7) is 7.63. The van der Waals surface area contributed by atoms with Gasteiger partial charge in [-0.15, -0.1) is 55.0 Å². The number of fused-ring (bicyclic) bond motifs is 3. The Morgan fingerprint density at radius 3 is 2.00 bits per heavy atom. The van der Waals surface area contributed by atoms with Crippen molar-refractivity contribution in [1.82, 2.24) is 0 Å². The van der Waals surface area contributed by atoms with Gasteiger partial charge in [-0.25, -0.2) is 12.2 Å². The zero-order valence-corrected chi connectivity index (χ0v) is 23.1. The molecular weight excluding hydrogens is 522 g/mol. The van der Waals surface area contributed by atoms with Crippen LogP contribution in [0.1, 0.15) is 28.7 Å². The molecule has 0 saturated heterocycles. The van der Waals surface area contributed by atoms with Crippen molar-refractivity contribution >= 4 is 41.2 Å². The monoisotopic (exact) mass is 550 g/mol. The smallest absolute Gasteiger partial charge is 0.171 e. The van der Waals surface area contributed by atoms with Crippen LogP contribution in [0.15, 0.2) is 92.0 Å². The van der Waals surface area contributed by atoms with E-state index >= 15 is 0 Å². The molecule has 0 saturated carbocycles. The number of rotatable bonds is 2. The van der Waals surface area contributed by atoms with Gasteiger partial charge < -0.3 is 7.43 Å². The van der Waals surface area contributed by atoms with Gasteiger partial charge >= 0.3 is 28.4 Å². The number of allylic oxidation sites excluding steroid dienone is 4. The van der Waals surface area contributed by atoms with Gasteiger partial charge in [-0.1, -0.05) is 42.0 Å². The van der Waals surface area contributed by atoms with E-state index in [-0.39, 0.29) is 32.2 Å². The van der Waals surface area contributed by atoms with Gasteiger partial charge in [0.1, 0.15) is 0 Å². The van der Waals surface area contributed by atoms with Gasteiger partial charge in [0.2, 0.25) is 0 Å². The van der Waals surface area contributed by atoms with Crippen LogP contribution in [0.5, 0.6) is 0 Å². The van der Waals surface area contributed by atoms with E-state index in [0.29, 0.717) is 0 Å². The van der Waals surface area contributed by atoms with Crippen LogP contribution in [0.4, 0.5) is 0 Å². The number of hydrogen-bond donors (Lipinski definition) is 0. The predicted molar refractivity (Wildman–Crippen MR) is 149 cm³/mol. The Morgan fingerprint density at radius 2 is 1.55 bits per heavy atom. The van der Waals surface area contributed by atoms with Gasteiger partial charge in [-0.05, 0) is 12.0 Å².